The first-order chi connectivity index (χ1) is 12.1. The summed E-state index contributed by atoms with van der Waals surface area (Å²) in [7, 11) is 0. The molecule has 0 aliphatic rings. The third-order valence-corrected chi connectivity index (χ3v) is 3.84. The van der Waals surface area contributed by atoms with Gasteiger partial charge in [0.2, 0.25) is 0 Å². The van der Waals surface area contributed by atoms with E-state index in [0.29, 0.717) is 33.9 Å². The van der Waals surface area contributed by atoms with E-state index in [-0.39, 0.29) is 11.6 Å². The summed E-state index contributed by atoms with van der Waals surface area (Å²) < 4.78 is 5.47. The number of carbonyl (C=O) groups is 1. The molecule has 7 heteroatoms. The molecule has 0 aliphatic heterocycles. The highest BCUT2D eigenvalue weighted by Gasteiger charge is 2.12. The highest BCUT2D eigenvalue weighted by molar-refractivity contribution is 6.11. The number of aromatic nitrogens is 3. The van der Waals surface area contributed by atoms with Gasteiger partial charge in [-0.05, 0) is 36.4 Å². The van der Waals surface area contributed by atoms with Crippen molar-refractivity contribution in [1.82, 2.24) is 15.0 Å². The van der Waals surface area contributed by atoms with E-state index in [9.17, 15) is 9.59 Å². The summed E-state index contributed by atoms with van der Waals surface area (Å²) in [4.78, 5) is 33.3. The summed E-state index contributed by atoms with van der Waals surface area (Å²) >= 11 is 0. The van der Waals surface area contributed by atoms with E-state index in [0.717, 1.165) is 5.56 Å². The van der Waals surface area contributed by atoms with Crippen LogP contribution >= 0.6 is 0 Å². The monoisotopic (exact) mass is 334 g/mol. The molecule has 7 nitrogen and oxygen atoms in total. The van der Waals surface area contributed by atoms with E-state index in [1.165, 1.54) is 0 Å². The number of fused-ring (bicyclic) bond motifs is 1. The molecule has 124 valence electrons. The number of aromatic amines is 2. The van der Waals surface area contributed by atoms with E-state index in [2.05, 4.69) is 20.3 Å². The molecule has 0 radical (unpaired) electrons. The molecule has 4 aromatic rings. The number of H-pyrrole nitrogens is 2. The van der Waals surface area contributed by atoms with Crippen LogP contribution in [0, 0.1) is 6.92 Å². The van der Waals surface area contributed by atoms with Crippen LogP contribution in [0.4, 0.5) is 5.69 Å². The Bertz CT molecular complexity index is 1120. The summed E-state index contributed by atoms with van der Waals surface area (Å²) in [6.45, 7) is 1.78. The second-order valence-corrected chi connectivity index (χ2v) is 5.58. The average Bonchev–Trinajstić information content (AvgIpc) is 3.19. The molecule has 2 aromatic carbocycles. The Morgan fingerprint density at radius 2 is 1.92 bits per heavy atom. The molecule has 0 saturated carbocycles. The van der Waals surface area contributed by atoms with Gasteiger partial charge < -0.3 is 19.7 Å². The molecule has 1 amide bonds. The Hall–Kier alpha value is -3.61. The van der Waals surface area contributed by atoms with Crippen molar-refractivity contribution in [1.29, 1.82) is 0 Å². The van der Waals surface area contributed by atoms with Gasteiger partial charge in [-0.2, -0.15) is 0 Å². The van der Waals surface area contributed by atoms with Crippen molar-refractivity contribution < 1.29 is 9.21 Å². The normalized spacial score (nSPS) is 10.9. The van der Waals surface area contributed by atoms with Crippen LogP contribution in [0.2, 0.25) is 0 Å². The highest BCUT2D eigenvalue weighted by Crippen LogP contribution is 2.23. The van der Waals surface area contributed by atoms with Crippen molar-refractivity contribution in [3.05, 3.63) is 70.6 Å². The third-order valence-electron chi connectivity index (χ3n) is 3.84. The molecule has 0 unspecified atom stereocenters. The number of amides is 1. The molecule has 25 heavy (non-hydrogen) atoms. The molecule has 3 N–H and O–H groups in total. The quantitative estimate of drug-likeness (QED) is 0.535. The van der Waals surface area contributed by atoms with Crippen LogP contribution in [0.5, 0.6) is 0 Å². The molecule has 0 aliphatic carbocycles. The van der Waals surface area contributed by atoms with Crippen LogP contribution in [0.1, 0.15) is 16.2 Å². The van der Waals surface area contributed by atoms with Crippen LogP contribution in [0.3, 0.4) is 0 Å². The van der Waals surface area contributed by atoms with Gasteiger partial charge in [0.25, 0.3) is 5.91 Å². The van der Waals surface area contributed by atoms with Crippen LogP contribution in [-0.4, -0.2) is 20.9 Å². The number of aryl methyl sites for hydroxylation is 1. The fourth-order valence-electron chi connectivity index (χ4n) is 2.66. The number of oxazole rings is 1. The Morgan fingerprint density at radius 1 is 1.12 bits per heavy atom. The lowest BCUT2D eigenvalue weighted by Crippen LogP contribution is -2.12. The number of nitrogens with zero attached hydrogens (tertiary/aromatic N) is 1. The average molecular weight is 334 g/mol. The van der Waals surface area contributed by atoms with Gasteiger partial charge in [-0.1, -0.05) is 6.07 Å². The van der Waals surface area contributed by atoms with Gasteiger partial charge in [-0.15, -0.1) is 0 Å². The minimum atomic E-state index is -0.345. The van der Waals surface area contributed by atoms with E-state index in [1.807, 2.05) is 12.1 Å². The van der Waals surface area contributed by atoms with Crippen molar-refractivity contribution in [2.45, 2.75) is 6.92 Å². The first kappa shape index (κ1) is 14.9. The van der Waals surface area contributed by atoms with Crippen LogP contribution in [0.15, 0.2) is 57.9 Å². The number of nitrogens with one attached hydrogen (secondary N) is 3. The Balaban J connectivity index is 1.59. The number of anilines is 1. The number of imidazole rings is 1. The standard InChI is InChI=1S/C18H14N4O3/c1-10-19-9-15(25-10)11-5-7-12(8-6-11)20-17(23)13-3-2-4-14-16(13)22-18(24)21-14/h2-9H,1H3,(H,20,23)(H2,21,22,24). The molecule has 0 saturated heterocycles. The Labute approximate surface area is 141 Å². The van der Waals surface area contributed by atoms with E-state index in [1.54, 1.807) is 43.5 Å². The number of benzene rings is 2. The van der Waals surface area contributed by atoms with E-state index in [4.69, 9.17) is 4.42 Å². The van der Waals surface area contributed by atoms with Gasteiger partial charge in [-0.3, -0.25) is 4.79 Å². The first-order valence-corrected chi connectivity index (χ1v) is 7.65. The smallest absolute Gasteiger partial charge is 0.323 e. The lowest BCUT2D eigenvalue weighted by Gasteiger charge is -2.06. The minimum absolute atomic E-state index is 0.302. The number of rotatable bonds is 3. The van der Waals surface area contributed by atoms with Gasteiger partial charge >= 0.3 is 5.69 Å². The van der Waals surface area contributed by atoms with Crippen LogP contribution in [-0.2, 0) is 0 Å². The van der Waals surface area contributed by atoms with Crippen molar-refractivity contribution in [3.8, 4) is 11.3 Å². The molecule has 4 rings (SSSR count). The summed E-state index contributed by atoms with van der Waals surface area (Å²) in [6, 6.07) is 12.4. The SMILES string of the molecule is Cc1ncc(-c2ccc(NC(=O)c3cccc4[nH]c(=O)[nH]c34)cc2)o1. The van der Waals surface area contributed by atoms with Crippen LogP contribution in [0.25, 0.3) is 22.4 Å². The van der Waals surface area contributed by atoms with Crippen molar-refractivity contribution >= 4 is 22.6 Å². The van der Waals surface area contributed by atoms with Crippen molar-refractivity contribution in [3.63, 3.8) is 0 Å². The van der Waals surface area contributed by atoms with Gasteiger partial charge in [0, 0.05) is 18.2 Å². The lowest BCUT2D eigenvalue weighted by atomic mass is 10.1. The highest BCUT2D eigenvalue weighted by atomic mass is 16.4. The van der Waals surface area contributed by atoms with Gasteiger partial charge in [0.1, 0.15) is 0 Å². The zero-order valence-corrected chi connectivity index (χ0v) is 13.3. The fraction of sp³-hybridized carbons (Fsp3) is 0.0556. The topological polar surface area (TPSA) is 104 Å². The molecule has 0 atom stereocenters. The molecule has 2 heterocycles. The largest absolute Gasteiger partial charge is 0.441 e. The van der Waals surface area contributed by atoms with Gasteiger partial charge in [0.15, 0.2) is 11.7 Å². The first-order valence-electron chi connectivity index (χ1n) is 7.65. The summed E-state index contributed by atoms with van der Waals surface area (Å²) in [5.74, 6) is 0.968. The van der Waals surface area contributed by atoms with Gasteiger partial charge in [-0.25, -0.2) is 9.78 Å². The zero-order chi connectivity index (χ0) is 17.4. The summed E-state index contributed by atoms with van der Waals surface area (Å²) in [5, 5.41) is 2.82. The Kier molecular flexibility index (Phi) is 3.46. The lowest BCUT2D eigenvalue weighted by molar-refractivity contribution is 0.102. The molecule has 2 aromatic heterocycles. The fourth-order valence-corrected chi connectivity index (χ4v) is 2.66. The maximum atomic E-state index is 12.5. The molecular weight excluding hydrogens is 320 g/mol. The number of carbonyl (C=O) groups excluding carboxylic acids is 1. The van der Waals surface area contributed by atoms with E-state index >= 15 is 0 Å². The molecule has 0 fully saturated rings. The Morgan fingerprint density at radius 3 is 2.64 bits per heavy atom. The molecule has 0 spiro atoms. The molecular formula is C18H14N4O3. The number of hydrogen-bond acceptors (Lipinski definition) is 4. The van der Waals surface area contributed by atoms with Crippen molar-refractivity contribution in [2.75, 3.05) is 5.32 Å². The minimum Gasteiger partial charge on any atom is -0.441 e. The maximum Gasteiger partial charge on any atom is 0.323 e. The summed E-state index contributed by atoms with van der Waals surface area (Å²) in [6.07, 6.45) is 1.66. The number of hydrogen-bond donors (Lipinski definition) is 3. The number of para-hydroxylation sites is 1. The van der Waals surface area contributed by atoms with Crippen LogP contribution < -0.4 is 11.0 Å². The summed E-state index contributed by atoms with van der Waals surface area (Å²) in [5.41, 5.74) is 2.63. The molecule has 0 bridgehead atoms. The van der Waals surface area contributed by atoms with Gasteiger partial charge in [0.05, 0.1) is 22.8 Å². The second-order valence-electron chi connectivity index (χ2n) is 5.58. The second kappa shape index (κ2) is 5.79. The predicted molar refractivity (Wildman–Crippen MR) is 93.5 cm³/mol. The predicted octanol–water partition coefficient (Wildman–Crippen LogP) is 3.07. The maximum absolute atomic E-state index is 12.5. The van der Waals surface area contributed by atoms with Crippen molar-refractivity contribution in [2.24, 2.45) is 0 Å². The zero-order valence-electron chi connectivity index (χ0n) is 13.3. The van der Waals surface area contributed by atoms with E-state index < -0.39 is 0 Å². The third kappa shape index (κ3) is 2.83.